The third kappa shape index (κ3) is 1.87. The average molecular weight is 243 g/mol. The van der Waals surface area contributed by atoms with Gasteiger partial charge in [-0.15, -0.1) is 0 Å². The smallest absolute Gasteiger partial charge is 0.130 e. The first-order valence-corrected chi connectivity index (χ1v) is 6.02. The third-order valence-corrected chi connectivity index (χ3v) is 3.25. The molecule has 1 aliphatic rings. The van der Waals surface area contributed by atoms with E-state index in [1.807, 2.05) is 12.1 Å². The molecule has 0 radical (unpaired) electrons. The van der Waals surface area contributed by atoms with Crippen LogP contribution < -0.4 is 10.5 Å². The monoisotopic (exact) mass is 243 g/mol. The lowest BCUT2D eigenvalue weighted by Crippen LogP contribution is -2.24. The van der Waals surface area contributed by atoms with Crippen molar-refractivity contribution in [2.24, 2.45) is 5.73 Å². The molecule has 3 heteroatoms. The summed E-state index contributed by atoms with van der Waals surface area (Å²) in [6.07, 6.45) is 0.905. The van der Waals surface area contributed by atoms with E-state index in [1.165, 1.54) is 17.7 Å². The van der Waals surface area contributed by atoms with Crippen LogP contribution in [0.4, 0.5) is 4.39 Å². The van der Waals surface area contributed by atoms with Gasteiger partial charge in [0.25, 0.3) is 0 Å². The molecule has 0 bridgehead atoms. The van der Waals surface area contributed by atoms with Crippen LogP contribution in [0.25, 0.3) is 11.1 Å². The Morgan fingerprint density at radius 2 is 1.94 bits per heavy atom. The summed E-state index contributed by atoms with van der Waals surface area (Å²) >= 11 is 0. The Balaban J connectivity index is 2.05. The summed E-state index contributed by atoms with van der Waals surface area (Å²) in [5.41, 5.74) is 8.79. The summed E-state index contributed by atoms with van der Waals surface area (Å²) in [4.78, 5) is 0. The zero-order chi connectivity index (χ0) is 12.5. The van der Waals surface area contributed by atoms with Crippen molar-refractivity contribution in [3.63, 3.8) is 0 Å². The van der Waals surface area contributed by atoms with E-state index >= 15 is 0 Å². The Morgan fingerprint density at radius 3 is 2.67 bits per heavy atom. The first kappa shape index (κ1) is 11.2. The van der Waals surface area contributed by atoms with Gasteiger partial charge in [0.1, 0.15) is 17.7 Å². The Hall–Kier alpha value is -1.87. The van der Waals surface area contributed by atoms with Crippen LogP contribution >= 0.6 is 0 Å². The van der Waals surface area contributed by atoms with Crippen LogP contribution in [0.5, 0.6) is 5.75 Å². The van der Waals surface area contributed by atoms with Gasteiger partial charge in [-0.2, -0.15) is 0 Å². The van der Waals surface area contributed by atoms with Crippen LogP contribution in [-0.4, -0.2) is 12.6 Å². The van der Waals surface area contributed by atoms with Gasteiger partial charge >= 0.3 is 0 Å². The van der Waals surface area contributed by atoms with Gasteiger partial charge in [-0.25, -0.2) is 4.39 Å². The molecular formula is C15H14FNO. The maximum absolute atomic E-state index is 12.9. The summed E-state index contributed by atoms with van der Waals surface area (Å²) < 4.78 is 18.8. The summed E-state index contributed by atoms with van der Waals surface area (Å²) in [7, 11) is 0. The molecule has 0 aliphatic carbocycles. The lowest BCUT2D eigenvalue weighted by molar-refractivity contribution is 0.242. The molecule has 0 fully saturated rings. The molecule has 0 aromatic heterocycles. The molecule has 0 saturated heterocycles. The Bertz CT molecular complexity index is 565. The fourth-order valence-electron chi connectivity index (χ4n) is 2.33. The van der Waals surface area contributed by atoms with Crippen molar-refractivity contribution in [2.45, 2.75) is 12.5 Å². The largest absolute Gasteiger partial charge is 0.488 e. The van der Waals surface area contributed by atoms with Gasteiger partial charge in [0.2, 0.25) is 0 Å². The summed E-state index contributed by atoms with van der Waals surface area (Å²) in [6.45, 7) is 0.511. The molecule has 0 saturated carbocycles. The maximum Gasteiger partial charge on any atom is 0.130 e. The predicted molar refractivity (Wildman–Crippen MR) is 69.0 cm³/mol. The van der Waals surface area contributed by atoms with Crippen molar-refractivity contribution in [2.75, 3.05) is 6.54 Å². The standard InChI is InChI=1S/C15H14FNO/c16-12-6-4-10(5-7-12)14-3-1-2-11-8-13(9-17)18-15(11)14/h1-7,13H,8-9,17H2/t13-/m0/s1. The molecule has 2 aromatic carbocycles. The number of fused-ring (bicyclic) bond motifs is 1. The quantitative estimate of drug-likeness (QED) is 0.880. The van der Waals surface area contributed by atoms with E-state index in [0.717, 1.165) is 23.3 Å². The van der Waals surface area contributed by atoms with E-state index in [0.29, 0.717) is 6.54 Å². The fourth-order valence-corrected chi connectivity index (χ4v) is 2.33. The second-order valence-corrected chi connectivity index (χ2v) is 4.48. The van der Waals surface area contributed by atoms with Crippen molar-refractivity contribution in [1.82, 2.24) is 0 Å². The van der Waals surface area contributed by atoms with E-state index < -0.39 is 0 Å². The van der Waals surface area contributed by atoms with Crippen LogP contribution in [-0.2, 0) is 6.42 Å². The molecule has 92 valence electrons. The number of para-hydroxylation sites is 1. The molecule has 2 N–H and O–H groups in total. The van der Waals surface area contributed by atoms with E-state index in [2.05, 4.69) is 6.07 Å². The number of rotatable bonds is 2. The van der Waals surface area contributed by atoms with Gasteiger partial charge in [-0.1, -0.05) is 30.3 Å². The molecule has 1 heterocycles. The lowest BCUT2D eigenvalue weighted by atomic mass is 10.0. The zero-order valence-electron chi connectivity index (χ0n) is 9.90. The molecule has 2 nitrogen and oxygen atoms in total. The third-order valence-electron chi connectivity index (χ3n) is 3.25. The average Bonchev–Trinajstić information content (AvgIpc) is 2.82. The number of hydrogen-bond acceptors (Lipinski definition) is 2. The second kappa shape index (κ2) is 4.42. The highest BCUT2D eigenvalue weighted by Crippen LogP contribution is 2.38. The highest BCUT2D eigenvalue weighted by Gasteiger charge is 2.24. The van der Waals surface area contributed by atoms with Gasteiger partial charge in [0, 0.05) is 18.5 Å². The molecule has 0 unspecified atom stereocenters. The van der Waals surface area contributed by atoms with E-state index in [1.54, 1.807) is 12.1 Å². The van der Waals surface area contributed by atoms with Crippen molar-refractivity contribution in [1.29, 1.82) is 0 Å². The minimum Gasteiger partial charge on any atom is -0.488 e. The molecule has 1 aliphatic heterocycles. The van der Waals surface area contributed by atoms with Crippen molar-refractivity contribution < 1.29 is 9.13 Å². The molecule has 3 rings (SSSR count). The Labute approximate surface area is 105 Å². The maximum atomic E-state index is 12.9. The number of ether oxygens (including phenoxy) is 1. The van der Waals surface area contributed by atoms with Crippen LogP contribution in [0.15, 0.2) is 42.5 Å². The van der Waals surface area contributed by atoms with Crippen LogP contribution in [0, 0.1) is 5.82 Å². The molecular weight excluding hydrogens is 229 g/mol. The number of halogens is 1. The molecule has 0 amide bonds. The van der Waals surface area contributed by atoms with Gasteiger partial charge in [0.05, 0.1) is 0 Å². The van der Waals surface area contributed by atoms with Crippen LogP contribution in [0.3, 0.4) is 0 Å². The topological polar surface area (TPSA) is 35.2 Å². The molecule has 2 aromatic rings. The molecule has 18 heavy (non-hydrogen) atoms. The summed E-state index contributed by atoms with van der Waals surface area (Å²) in [6, 6.07) is 12.5. The van der Waals surface area contributed by atoms with E-state index in [-0.39, 0.29) is 11.9 Å². The van der Waals surface area contributed by atoms with Crippen LogP contribution in [0.2, 0.25) is 0 Å². The first-order chi connectivity index (χ1) is 8.78. The zero-order valence-corrected chi connectivity index (χ0v) is 9.90. The van der Waals surface area contributed by atoms with Gasteiger partial charge in [-0.05, 0) is 23.3 Å². The van der Waals surface area contributed by atoms with Crippen molar-refractivity contribution >= 4 is 0 Å². The number of nitrogens with two attached hydrogens (primary N) is 1. The summed E-state index contributed by atoms with van der Waals surface area (Å²) in [5.74, 6) is 0.659. The highest BCUT2D eigenvalue weighted by atomic mass is 19.1. The minimum absolute atomic E-state index is 0.0570. The first-order valence-electron chi connectivity index (χ1n) is 6.02. The van der Waals surface area contributed by atoms with Crippen molar-refractivity contribution in [3.8, 4) is 16.9 Å². The predicted octanol–water partition coefficient (Wildman–Crippen LogP) is 2.75. The Kier molecular flexibility index (Phi) is 2.76. The molecule has 1 atom stereocenters. The minimum atomic E-state index is -0.230. The second-order valence-electron chi connectivity index (χ2n) is 4.48. The lowest BCUT2D eigenvalue weighted by Gasteiger charge is -2.10. The SMILES string of the molecule is NC[C@@H]1Cc2cccc(-c3ccc(F)cc3)c2O1. The van der Waals surface area contributed by atoms with E-state index in [4.69, 9.17) is 10.5 Å². The summed E-state index contributed by atoms with van der Waals surface area (Å²) in [5, 5.41) is 0. The van der Waals surface area contributed by atoms with Gasteiger partial charge in [0.15, 0.2) is 0 Å². The fraction of sp³-hybridized carbons (Fsp3) is 0.200. The number of hydrogen-bond donors (Lipinski definition) is 1. The van der Waals surface area contributed by atoms with Gasteiger partial charge in [-0.3, -0.25) is 0 Å². The van der Waals surface area contributed by atoms with E-state index in [9.17, 15) is 4.39 Å². The Morgan fingerprint density at radius 1 is 1.17 bits per heavy atom. The molecule has 0 spiro atoms. The van der Waals surface area contributed by atoms with Crippen LogP contribution in [0.1, 0.15) is 5.56 Å². The van der Waals surface area contributed by atoms with Crippen molar-refractivity contribution in [3.05, 3.63) is 53.8 Å². The van der Waals surface area contributed by atoms with Gasteiger partial charge < -0.3 is 10.5 Å². The normalized spacial score (nSPS) is 17.3. The number of benzene rings is 2. The highest BCUT2D eigenvalue weighted by molar-refractivity contribution is 5.73.